The molecule has 1 aliphatic heterocycles. The summed E-state index contributed by atoms with van der Waals surface area (Å²) in [5, 5.41) is 33.4. The lowest BCUT2D eigenvalue weighted by molar-refractivity contribution is -0.0511. The van der Waals surface area contributed by atoms with E-state index >= 15 is 0 Å². The van der Waals surface area contributed by atoms with Crippen LogP contribution in [0.25, 0.3) is 11.2 Å². The van der Waals surface area contributed by atoms with Crippen molar-refractivity contribution in [3.05, 3.63) is 48.5 Å². The number of ether oxygens (including phenoxy) is 2. The average Bonchev–Trinajstić information content (AvgIpc) is 3.40. The van der Waals surface area contributed by atoms with Crippen molar-refractivity contribution in [3.63, 3.8) is 0 Å². The highest BCUT2D eigenvalue weighted by atomic mass is 16.6. The Morgan fingerprint density at radius 2 is 1.88 bits per heavy atom. The number of hydrogen-bond donors (Lipinski definition) is 4. The van der Waals surface area contributed by atoms with Gasteiger partial charge in [0, 0.05) is 0 Å². The fraction of sp³-hybridized carbons (Fsp3) is 0.522. The first-order valence-corrected chi connectivity index (χ1v) is 11.4. The minimum atomic E-state index is -1.21. The lowest BCUT2D eigenvalue weighted by Crippen LogP contribution is -2.38. The van der Waals surface area contributed by atoms with Crippen LogP contribution in [0.15, 0.2) is 43.0 Å². The van der Waals surface area contributed by atoms with Gasteiger partial charge >= 0.3 is 0 Å². The van der Waals surface area contributed by atoms with Crippen molar-refractivity contribution in [3.8, 4) is 0 Å². The third-order valence-electron chi connectivity index (χ3n) is 6.48. The molecule has 6 atom stereocenters. The maximum absolute atomic E-state index is 10.4. The van der Waals surface area contributed by atoms with Gasteiger partial charge in [-0.05, 0) is 18.4 Å². The fourth-order valence-corrected chi connectivity index (χ4v) is 4.67. The van der Waals surface area contributed by atoms with Gasteiger partial charge in [0.1, 0.15) is 24.6 Å². The second-order valence-corrected chi connectivity index (χ2v) is 8.65. The summed E-state index contributed by atoms with van der Waals surface area (Å²) in [6.45, 7) is 0.165. The predicted molar refractivity (Wildman–Crippen MR) is 119 cm³/mol. The summed E-state index contributed by atoms with van der Waals surface area (Å²) in [5.41, 5.74) is 2.16. The molecule has 10 heteroatoms. The fourth-order valence-electron chi connectivity index (χ4n) is 4.67. The summed E-state index contributed by atoms with van der Waals surface area (Å²) >= 11 is 0. The molecular weight excluding hydrogens is 426 g/mol. The molecule has 1 saturated carbocycles. The van der Waals surface area contributed by atoms with Crippen molar-refractivity contribution < 1.29 is 24.8 Å². The smallest absolute Gasteiger partial charge is 0.167 e. The van der Waals surface area contributed by atoms with Crippen molar-refractivity contribution in [1.29, 1.82) is 0 Å². The first kappa shape index (κ1) is 22.2. The Morgan fingerprint density at radius 1 is 1.06 bits per heavy atom. The van der Waals surface area contributed by atoms with E-state index < -0.39 is 31.1 Å². The zero-order valence-corrected chi connectivity index (χ0v) is 18.2. The molecule has 2 unspecified atom stereocenters. The lowest BCUT2D eigenvalue weighted by atomic mass is 9.92. The first-order valence-electron chi connectivity index (χ1n) is 11.4. The van der Waals surface area contributed by atoms with Crippen LogP contribution in [-0.4, -0.2) is 71.9 Å². The van der Waals surface area contributed by atoms with Gasteiger partial charge < -0.3 is 30.1 Å². The largest absolute Gasteiger partial charge is 0.394 e. The molecule has 0 amide bonds. The van der Waals surface area contributed by atoms with E-state index in [4.69, 9.17) is 9.47 Å². The molecule has 3 heterocycles. The number of benzene rings is 1. The summed E-state index contributed by atoms with van der Waals surface area (Å²) in [6.07, 6.45) is 2.98. The molecule has 10 nitrogen and oxygen atoms in total. The Hall–Kier alpha value is -2.63. The Bertz CT molecular complexity index is 1060. The van der Waals surface area contributed by atoms with E-state index in [2.05, 4.69) is 32.4 Å². The van der Waals surface area contributed by atoms with E-state index in [-0.39, 0.29) is 12.1 Å². The Labute approximate surface area is 191 Å². The van der Waals surface area contributed by atoms with Gasteiger partial charge in [0.2, 0.25) is 0 Å². The van der Waals surface area contributed by atoms with Crippen molar-refractivity contribution >= 4 is 17.0 Å². The molecule has 33 heavy (non-hydrogen) atoms. The zero-order chi connectivity index (χ0) is 22.8. The minimum absolute atomic E-state index is 0.0477. The normalized spacial score (nSPS) is 30.0. The molecule has 0 radical (unpaired) electrons. The van der Waals surface area contributed by atoms with Gasteiger partial charge in [-0.2, -0.15) is 0 Å². The first-order chi connectivity index (χ1) is 16.2. The summed E-state index contributed by atoms with van der Waals surface area (Å²) < 4.78 is 13.5. The zero-order valence-electron chi connectivity index (χ0n) is 18.2. The number of aromatic nitrogens is 4. The SMILES string of the molecule is OCC1OC(n2cnc3c(N[C@H]4CCCC[C@@H]4OCc4ccccc4)ncnc32)[C@H](O)[C@@H]1O. The Morgan fingerprint density at radius 3 is 2.67 bits per heavy atom. The van der Waals surface area contributed by atoms with Crippen molar-refractivity contribution in [1.82, 2.24) is 19.5 Å². The van der Waals surface area contributed by atoms with Crippen LogP contribution in [0.4, 0.5) is 5.82 Å². The number of nitrogens with one attached hydrogen (secondary N) is 1. The lowest BCUT2D eigenvalue weighted by Gasteiger charge is -2.32. The second kappa shape index (κ2) is 9.70. The summed E-state index contributed by atoms with van der Waals surface area (Å²) in [7, 11) is 0. The van der Waals surface area contributed by atoms with Crippen molar-refractivity contribution in [2.75, 3.05) is 11.9 Å². The van der Waals surface area contributed by atoms with Gasteiger partial charge in [0.15, 0.2) is 23.2 Å². The predicted octanol–water partition coefficient (Wildman–Crippen LogP) is 1.38. The van der Waals surface area contributed by atoms with Crippen LogP contribution in [-0.2, 0) is 16.1 Å². The van der Waals surface area contributed by atoms with E-state index in [1.165, 1.54) is 12.7 Å². The van der Waals surface area contributed by atoms with Crippen LogP contribution in [0.5, 0.6) is 0 Å². The van der Waals surface area contributed by atoms with Crippen LogP contribution in [0.1, 0.15) is 37.5 Å². The number of anilines is 1. The summed E-state index contributed by atoms with van der Waals surface area (Å²) in [5.74, 6) is 0.589. The molecule has 1 aliphatic carbocycles. The third-order valence-corrected chi connectivity index (χ3v) is 6.48. The highest BCUT2D eigenvalue weighted by Gasteiger charge is 2.44. The van der Waals surface area contributed by atoms with Gasteiger partial charge in [-0.3, -0.25) is 4.57 Å². The molecule has 1 aromatic carbocycles. The maximum Gasteiger partial charge on any atom is 0.167 e. The number of fused-ring (bicyclic) bond motifs is 1. The number of rotatable bonds is 7. The van der Waals surface area contributed by atoms with Crippen LogP contribution in [0.3, 0.4) is 0 Å². The van der Waals surface area contributed by atoms with Gasteiger partial charge in [-0.15, -0.1) is 0 Å². The molecule has 0 bridgehead atoms. The maximum atomic E-state index is 10.4. The van der Waals surface area contributed by atoms with Gasteiger partial charge in [0.05, 0.1) is 31.7 Å². The van der Waals surface area contributed by atoms with Crippen LogP contribution >= 0.6 is 0 Å². The monoisotopic (exact) mass is 455 g/mol. The average molecular weight is 456 g/mol. The number of aliphatic hydroxyl groups is 3. The highest BCUT2D eigenvalue weighted by Crippen LogP contribution is 2.33. The Balaban J connectivity index is 1.34. The van der Waals surface area contributed by atoms with Gasteiger partial charge in [0.25, 0.3) is 0 Å². The number of aliphatic hydroxyl groups excluding tert-OH is 3. The molecule has 2 aromatic heterocycles. The van der Waals surface area contributed by atoms with E-state index in [1.54, 1.807) is 4.57 Å². The Kier molecular flexibility index (Phi) is 6.52. The molecule has 0 spiro atoms. The molecule has 5 rings (SSSR count). The topological polar surface area (TPSA) is 135 Å². The molecular formula is C23H29N5O5. The van der Waals surface area contributed by atoms with Gasteiger partial charge in [-0.1, -0.05) is 43.2 Å². The molecule has 4 N–H and O–H groups in total. The van der Waals surface area contributed by atoms with Crippen LogP contribution in [0.2, 0.25) is 0 Å². The summed E-state index contributed by atoms with van der Waals surface area (Å²) in [4.78, 5) is 13.2. The molecule has 176 valence electrons. The van der Waals surface area contributed by atoms with E-state index in [0.29, 0.717) is 23.6 Å². The van der Waals surface area contributed by atoms with E-state index in [1.807, 2.05) is 18.2 Å². The van der Waals surface area contributed by atoms with Gasteiger partial charge in [-0.25, -0.2) is 15.0 Å². The van der Waals surface area contributed by atoms with Crippen LogP contribution < -0.4 is 5.32 Å². The number of nitrogens with zero attached hydrogens (tertiary/aromatic N) is 4. The quantitative estimate of drug-likeness (QED) is 0.417. The van der Waals surface area contributed by atoms with E-state index in [9.17, 15) is 15.3 Å². The minimum Gasteiger partial charge on any atom is -0.394 e. The number of hydrogen-bond acceptors (Lipinski definition) is 9. The molecule has 2 aliphatic rings. The summed E-state index contributed by atoms with van der Waals surface area (Å²) in [6, 6.07) is 10.2. The molecule has 3 aromatic rings. The molecule has 1 saturated heterocycles. The number of imidazole rings is 1. The molecule has 2 fully saturated rings. The second-order valence-electron chi connectivity index (χ2n) is 8.65. The van der Waals surface area contributed by atoms with Crippen LogP contribution in [0, 0.1) is 0 Å². The van der Waals surface area contributed by atoms with E-state index in [0.717, 1.165) is 31.2 Å². The van der Waals surface area contributed by atoms with Crippen molar-refractivity contribution in [2.24, 2.45) is 0 Å². The third kappa shape index (κ3) is 4.44. The van der Waals surface area contributed by atoms with Crippen molar-refractivity contribution in [2.45, 2.75) is 69.0 Å². The highest BCUT2D eigenvalue weighted by molar-refractivity contribution is 5.82. The standard InChI is InChI=1S/C23H29N5O5/c29-10-17-19(30)20(31)23(33-17)28-13-26-18-21(24-12-25-22(18)28)27-15-8-4-5-9-16(15)32-11-14-6-2-1-3-7-14/h1-3,6-7,12-13,15-17,19-20,23,29-31H,4-5,8-11H2,(H,24,25,27)/t15-,16-,17?,19+,20+,23?/m0/s1.